The Kier molecular flexibility index (Phi) is 7.97. The summed E-state index contributed by atoms with van der Waals surface area (Å²) >= 11 is 6.26. The second-order valence-electron chi connectivity index (χ2n) is 6.51. The first-order chi connectivity index (χ1) is 12.5. The van der Waals surface area contributed by atoms with Gasteiger partial charge in [-0.2, -0.15) is 0 Å². The number of piperazine rings is 1. The van der Waals surface area contributed by atoms with E-state index in [-0.39, 0.29) is 12.5 Å². The van der Waals surface area contributed by atoms with Crippen molar-refractivity contribution < 1.29 is 4.79 Å². The molecule has 1 aromatic rings. The third kappa shape index (κ3) is 5.76. The van der Waals surface area contributed by atoms with Crippen LogP contribution >= 0.6 is 11.6 Å². The van der Waals surface area contributed by atoms with Gasteiger partial charge in [-0.1, -0.05) is 24.9 Å². The zero-order valence-corrected chi connectivity index (χ0v) is 16.7. The van der Waals surface area contributed by atoms with Gasteiger partial charge in [0.25, 0.3) is 0 Å². The molecular weight excluding hydrogens is 352 g/mol. The van der Waals surface area contributed by atoms with E-state index in [1.54, 1.807) is 31.4 Å². The van der Waals surface area contributed by atoms with Crippen LogP contribution in [0.3, 0.4) is 0 Å². The Balaban J connectivity index is 1.99. The fourth-order valence-electron chi connectivity index (χ4n) is 2.71. The van der Waals surface area contributed by atoms with Gasteiger partial charge in [-0.05, 0) is 12.5 Å². The molecular formula is C18H29ClN6O. The van der Waals surface area contributed by atoms with E-state index in [2.05, 4.69) is 32.0 Å². The number of carbonyl (C=O) groups is 1. The number of hydrogen-bond acceptors (Lipinski definition) is 4. The number of nitrogens with zero attached hydrogens (tertiary/aromatic N) is 5. The van der Waals surface area contributed by atoms with E-state index in [1.165, 1.54) is 0 Å². The highest BCUT2D eigenvalue weighted by Gasteiger charge is 2.21. The first-order valence-electron chi connectivity index (χ1n) is 9.10. The largest absolute Gasteiger partial charge is 0.367 e. The van der Waals surface area contributed by atoms with Crippen LogP contribution in [-0.2, 0) is 4.79 Å². The highest BCUT2D eigenvalue weighted by Crippen LogP contribution is 2.25. The average molecular weight is 381 g/mol. The number of pyridine rings is 1. The summed E-state index contributed by atoms with van der Waals surface area (Å²) in [7, 11) is 3.50. The van der Waals surface area contributed by atoms with Crippen molar-refractivity contribution in [3.8, 4) is 0 Å². The Bertz CT molecular complexity index is 613. The summed E-state index contributed by atoms with van der Waals surface area (Å²) in [5, 5.41) is 4.07. The topological polar surface area (TPSA) is 64.1 Å². The van der Waals surface area contributed by atoms with Crippen LogP contribution in [0.25, 0.3) is 0 Å². The molecule has 1 aliphatic heterocycles. The van der Waals surface area contributed by atoms with Crippen LogP contribution < -0.4 is 10.2 Å². The van der Waals surface area contributed by atoms with Crippen LogP contribution in [0.4, 0.5) is 5.69 Å². The molecule has 1 amide bonds. The molecule has 1 saturated heterocycles. The van der Waals surface area contributed by atoms with Crippen molar-refractivity contribution in [2.24, 2.45) is 4.99 Å². The second kappa shape index (κ2) is 10.2. The van der Waals surface area contributed by atoms with Gasteiger partial charge in [-0.3, -0.25) is 9.78 Å². The van der Waals surface area contributed by atoms with E-state index in [9.17, 15) is 4.79 Å². The molecule has 0 radical (unpaired) electrons. The second-order valence-corrected chi connectivity index (χ2v) is 6.92. The zero-order valence-electron chi connectivity index (χ0n) is 15.9. The van der Waals surface area contributed by atoms with E-state index < -0.39 is 0 Å². The lowest BCUT2D eigenvalue weighted by molar-refractivity contribution is -0.127. The number of unbranched alkanes of at least 4 members (excludes halogenated alkanes) is 1. The van der Waals surface area contributed by atoms with Crippen LogP contribution in [0, 0.1) is 0 Å². The molecule has 2 rings (SSSR count). The fraction of sp³-hybridized carbons (Fsp3) is 0.611. The minimum absolute atomic E-state index is 0.00185. The molecule has 0 aromatic carbocycles. The minimum Gasteiger partial charge on any atom is -0.367 e. The predicted molar refractivity (Wildman–Crippen MR) is 107 cm³/mol. The van der Waals surface area contributed by atoms with E-state index in [0.29, 0.717) is 5.02 Å². The highest BCUT2D eigenvalue weighted by atomic mass is 35.5. The van der Waals surface area contributed by atoms with E-state index >= 15 is 0 Å². The quantitative estimate of drug-likeness (QED) is 0.462. The summed E-state index contributed by atoms with van der Waals surface area (Å²) in [6, 6.07) is 1.95. The maximum atomic E-state index is 11.9. The number of amides is 1. The van der Waals surface area contributed by atoms with Gasteiger partial charge in [0, 0.05) is 59.2 Å². The molecule has 7 nitrogen and oxygen atoms in total. The molecule has 26 heavy (non-hydrogen) atoms. The number of nitrogens with one attached hydrogen (secondary N) is 1. The van der Waals surface area contributed by atoms with Gasteiger partial charge in [0.2, 0.25) is 5.91 Å². The van der Waals surface area contributed by atoms with Crippen LogP contribution in [0.15, 0.2) is 23.5 Å². The third-order valence-corrected chi connectivity index (χ3v) is 4.64. The average Bonchev–Trinajstić information content (AvgIpc) is 2.65. The molecule has 0 atom stereocenters. The zero-order chi connectivity index (χ0) is 18.9. The summed E-state index contributed by atoms with van der Waals surface area (Å²) in [6.07, 6.45) is 5.63. The number of rotatable bonds is 6. The van der Waals surface area contributed by atoms with Crippen LogP contribution in [-0.4, -0.2) is 80.0 Å². The standard InChI is InChI=1S/C18H29ClN6O/c1-4-5-7-21-18(22-14-17(26)23(2)3)25-11-9-24(10-12-25)16-6-8-20-13-15(16)19/h6,8,13H,4-5,7,9-12,14H2,1-3H3,(H,21,22). The van der Waals surface area contributed by atoms with Gasteiger partial charge in [-0.15, -0.1) is 0 Å². The molecule has 0 spiro atoms. The number of likely N-dealkylation sites (N-methyl/N-ethyl adjacent to an activating group) is 1. The Morgan fingerprint density at radius 3 is 2.69 bits per heavy atom. The van der Waals surface area contributed by atoms with Gasteiger partial charge in [0.1, 0.15) is 6.54 Å². The lowest BCUT2D eigenvalue weighted by Gasteiger charge is -2.38. The maximum absolute atomic E-state index is 11.9. The van der Waals surface area contributed by atoms with Crippen LogP contribution in [0.5, 0.6) is 0 Å². The molecule has 0 bridgehead atoms. The van der Waals surface area contributed by atoms with Crippen molar-refractivity contribution in [3.05, 3.63) is 23.5 Å². The summed E-state index contributed by atoms with van der Waals surface area (Å²) in [4.78, 5) is 26.5. The van der Waals surface area contributed by atoms with Crippen molar-refractivity contribution in [1.82, 2.24) is 20.1 Å². The van der Waals surface area contributed by atoms with Gasteiger partial charge < -0.3 is 20.0 Å². The first-order valence-corrected chi connectivity index (χ1v) is 9.48. The lowest BCUT2D eigenvalue weighted by Crippen LogP contribution is -2.53. The van der Waals surface area contributed by atoms with E-state index in [1.807, 2.05) is 6.07 Å². The SMILES string of the molecule is CCCCNC(=NCC(=O)N(C)C)N1CCN(c2ccncc2Cl)CC1. The van der Waals surface area contributed by atoms with Gasteiger partial charge >= 0.3 is 0 Å². The predicted octanol–water partition coefficient (Wildman–Crippen LogP) is 1.69. The number of aromatic nitrogens is 1. The number of halogens is 1. The summed E-state index contributed by atoms with van der Waals surface area (Å²) in [6.45, 7) is 6.53. The molecule has 8 heteroatoms. The molecule has 0 unspecified atom stereocenters. The molecule has 144 valence electrons. The van der Waals surface area contributed by atoms with Crippen LogP contribution in [0.1, 0.15) is 19.8 Å². The molecule has 1 N–H and O–H groups in total. The normalized spacial score (nSPS) is 15.2. The van der Waals surface area contributed by atoms with Crippen molar-refractivity contribution in [1.29, 1.82) is 0 Å². The lowest BCUT2D eigenvalue weighted by atomic mass is 10.2. The van der Waals surface area contributed by atoms with E-state index in [0.717, 1.165) is 57.2 Å². The van der Waals surface area contributed by atoms with Crippen molar-refractivity contribution >= 4 is 29.2 Å². The summed E-state index contributed by atoms with van der Waals surface area (Å²) in [5.41, 5.74) is 1.02. The van der Waals surface area contributed by atoms with E-state index in [4.69, 9.17) is 11.6 Å². The maximum Gasteiger partial charge on any atom is 0.243 e. The Morgan fingerprint density at radius 1 is 1.35 bits per heavy atom. The Hall–Kier alpha value is -2.02. The third-order valence-electron chi connectivity index (χ3n) is 4.35. The number of carbonyl (C=O) groups excluding carboxylic acids is 1. The monoisotopic (exact) mass is 380 g/mol. The minimum atomic E-state index is 0.00185. The Morgan fingerprint density at radius 2 is 2.08 bits per heavy atom. The van der Waals surface area contributed by atoms with Gasteiger partial charge in [0.05, 0.1) is 10.7 Å². The molecule has 0 saturated carbocycles. The smallest absolute Gasteiger partial charge is 0.243 e. The number of guanidine groups is 1. The van der Waals surface area contributed by atoms with Crippen molar-refractivity contribution in [2.75, 3.05) is 58.3 Å². The molecule has 1 aromatic heterocycles. The molecule has 1 fully saturated rings. The molecule has 1 aliphatic rings. The molecule has 2 heterocycles. The first kappa shape index (κ1) is 20.3. The summed E-state index contributed by atoms with van der Waals surface area (Å²) < 4.78 is 0. The highest BCUT2D eigenvalue weighted by molar-refractivity contribution is 6.33. The number of anilines is 1. The Labute approximate surface area is 161 Å². The number of hydrogen-bond donors (Lipinski definition) is 1. The fourth-order valence-corrected chi connectivity index (χ4v) is 2.95. The van der Waals surface area contributed by atoms with Gasteiger partial charge in [-0.25, -0.2) is 4.99 Å². The van der Waals surface area contributed by atoms with Gasteiger partial charge in [0.15, 0.2) is 5.96 Å². The number of aliphatic imine (C=N–C) groups is 1. The van der Waals surface area contributed by atoms with Crippen LogP contribution in [0.2, 0.25) is 5.02 Å². The molecule has 0 aliphatic carbocycles. The summed E-state index contributed by atoms with van der Waals surface area (Å²) in [5.74, 6) is 0.816. The van der Waals surface area contributed by atoms with Crippen molar-refractivity contribution in [2.45, 2.75) is 19.8 Å². The van der Waals surface area contributed by atoms with Crippen molar-refractivity contribution in [3.63, 3.8) is 0 Å².